The molecule has 1 fully saturated rings. The van der Waals surface area contributed by atoms with Crippen LogP contribution in [0.3, 0.4) is 0 Å². The summed E-state index contributed by atoms with van der Waals surface area (Å²) < 4.78 is 22.8. The highest BCUT2D eigenvalue weighted by molar-refractivity contribution is 6.04. The highest BCUT2D eigenvalue weighted by Gasteiger charge is 2.46. The number of benzene rings is 3. The lowest BCUT2D eigenvalue weighted by Gasteiger charge is -2.40. The van der Waals surface area contributed by atoms with Crippen molar-refractivity contribution in [1.82, 2.24) is 0 Å². The summed E-state index contributed by atoms with van der Waals surface area (Å²) in [5.74, 6) is -2.29. The second-order valence-corrected chi connectivity index (χ2v) is 10.4. The van der Waals surface area contributed by atoms with Crippen LogP contribution in [-0.2, 0) is 9.47 Å². The number of aromatic hydroxyl groups is 4. The number of phenolic OH excluding ortho intramolecular Hbond substituents is 4. The van der Waals surface area contributed by atoms with Gasteiger partial charge >= 0.3 is 5.97 Å². The number of ketones is 1. The Kier molecular flexibility index (Phi) is 8.08. The van der Waals surface area contributed by atoms with Crippen molar-refractivity contribution in [2.45, 2.75) is 57.1 Å². The van der Waals surface area contributed by atoms with E-state index in [1.165, 1.54) is 56.3 Å². The van der Waals surface area contributed by atoms with Crippen molar-refractivity contribution in [1.29, 1.82) is 0 Å². The molecule has 13 nitrogen and oxygen atoms in total. The fourth-order valence-electron chi connectivity index (χ4n) is 5.09. The number of rotatable bonds is 6. The summed E-state index contributed by atoms with van der Waals surface area (Å²) in [6.07, 6.45) is -9.45. The van der Waals surface area contributed by atoms with Gasteiger partial charge in [0.05, 0.1) is 12.0 Å². The molecule has 0 aromatic heterocycles. The van der Waals surface area contributed by atoms with Crippen molar-refractivity contribution in [2.24, 2.45) is 0 Å². The Bertz CT molecular complexity index is 1550. The summed E-state index contributed by atoms with van der Waals surface area (Å²) >= 11 is 0. The first kappa shape index (κ1) is 29.9. The van der Waals surface area contributed by atoms with Gasteiger partial charge in [-0.1, -0.05) is 0 Å². The summed E-state index contributed by atoms with van der Waals surface area (Å²) in [6, 6.07) is 9.01. The number of carbonyl (C=O) groups is 2. The van der Waals surface area contributed by atoms with Gasteiger partial charge in [-0.2, -0.15) is 0 Å². The van der Waals surface area contributed by atoms with Crippen molar-refractivity contribution in [3.05, 3.63) is 70.3 Å². The second kappa shape index (κ2) is 11.6. The fourth-order valence-corrected chi connectivity index (χ4v) is 5.09. The van der Waals surface area contributed by atoms with E-state index in [1.54, 1.807) is 0 Å². The van der Waals surface area contributed by atoms with Gasteiger partial charge < -0.3 is 54.7 Å². The van der Waals surface area contributed by atoms with Crippen LogP contribution in [0.2, 0.25) is 0 Å². The Morgan fingerprint density at radius 3 is 2.28 bits per heavy atom. The third-order valence-electron chi connectivity index (χ3n) is 7.49. The van der Waals surface area contributed by atoms with Crippen LogP contribution in [-0.4, -0.2) is 84.8 Å². The molecule has 0 bridgehead atoms. The number of carbonyl (C=O) groups excluding carboxylic acids is 2. The minimum Gasteiger partial charge on any atom is -0.508 e. The molecule has 0 amide bonds. The van der Waals surface area contributed by atoms with Gasteiger partial charge in [-0.25, -0.2) is 4.79 Å². The highest BCUT2D eigenvalue weighted by Crippen LogP contribution is 2.49. The van der Waals surface area contributed by atoms with Gasteiger partial charge in [-0.15, -0.1) is 0 Å². The first-order valence-corrected chi connectivity index (χ1v) is 13.3. The van der Waals surface area contributed by atoms with Gasteiger partial charge in [0.15, 0.2) is 5.78 Å². The number of hydrogen-bond donors (Lipinski definition) is 7. The molecular formula is C30H30O13. The topological polar surface area (TPSA) is 213 Å². The van der Waals surface area contributed by atoms with Crippen LogP contribution in [0.25, 0.3) is 0 Å². The van der Waals surface area contributed by atoms with Crippen molar-refractivity contribution < 1.29 is 64.3 Å². The van der Waals surface area contributed by atoms with Gasteiger partial charge in [0.1, 0.15) is 77.2 Å². The average Bonchev–Trinajstić information content (AvgIpc) is 2.98. The zero-order valence-corrected chi connectivity index (χ0v) is 23.0. The number of hydrogen-bond acceptors (Lipinski definition) is 13. The van der Waals surface area contributed by atoms with Crippen LogP contribution < -0.4 is 9.47 Å². The van der Waals surface area contributed by atoms with Crippen molar-refractivity contribution >= 4 is 11.8 Å². The highest BCUT2D eigenvalue weighted by atomic mass is 16.7. The van der Waals surface area contributed by atoms with E-state index in [4.69, 9.17) is 18.9 Å². The second-order valence-electron chi connectivity index (χ2n) is 10.4. The number of fused-ring (bicyclic) bond motifs is 1. The summed E-state index contributed by atoms with van der Waals surface area (Å²) in [7, 11) is 0. The number of aliphatic hydroxyl groups is 3. The average molecular weight is 599 g/mol. The Labute approximate surface area is 244 Å². The molecule has 228 valence electrons. The van der Waals surface area contributed by atoms with Crippen molar-refractivity contribution in [2.75, 3.05) is 6.61 Å². The zero-order valence-electron chi connectivity index (χ0n) is 23.0. The molecule has 0 saturated carbocycles. The maximum atomic E-state index is 13.1. The van der Waals surface area contributed by atoms with Gasteiger partial charge in [0.25, 0.3) is 0 Å². The van der Waals surface area contributed by atoms with Gasteiger partial charge in [0.2, 0.25) is 6.29 Å². The van der Waals surface area contributed by atoms with E-state index in [0.29, 0.717) is 0 Å². The third kappa shape index (κ3) is 5.62. The smallest absolute Gasteiger partial charge is 0.338 e. The minimum atomic E-state index is -1.78. The number of esters is 1. The molecule has 0 radical (unpaired) electrons. The predicted molar refractivity (Wildman–Crippen MR) is 145 cm³/mol. The predicted octanol–water partition coefficient (Wildman–Crippen LogP) is 1.88. The lowest BCUT2D eigenvalue weighted by atomic mass is 9.91. The maximum absolute atomic E-state index is 13.1. The Hall–Kier alpha value is -4.56. The molecule has 0 unspecified atom stereocenters. The summed E-state index contributed by atoms with van der Waals surface area (Å²) in [6.45, 7) is 2.44. The molecule has 6 atom stereocenters. The SMILES string of the molecule is Cc1c(O)c2c(c(C)c1O[C@@H]1O[C@H](COC(=O)c3ccc(O)cc3)[C@@H](O)[C@H](O)[C@H]1O)O[C@H](c1cc(O)ccc1O)CC2=O. The van der Waals surface area contributed by atoms with Gasteiger partial charge in [0, 0.05) is 16.7 Å². The van der Waals surface area contributed by atoms with E-state index in [1.807, 2.05) is 0 Å². The summed E-state index contributed by atoms with van der Waals surface area (Å²) in [5.41, 5.74) is 0.457. The van der Waals surface area contributed by atoms with E-state index < -0.39 is 60.9 Å². The van der Waals surface area contributed by atoms with E-state index in [-0.39, 0.29) is 63.0 Å². The van der Waals surface area contributed by atoms with Crippen molar-refractivity contribution in [3.8, 4) is 34.5 Å². The first-order valence-electron chi connectivity index (χ1n) is 13.3. The lowest BCUT2D eigenvalue weighted by Crippen LogP contribution is -2.60. The fraction of sp³-hybridized carbons (Fsp3) is 0.333. The molecule has 5 rings (SSSR count). The summed E-state index contributed by atoms with van der Waals surface area (Å²) in [5, 5.41) is 72.2. The number of phenols is 4. The van der Waals surface area contributed by atoms with Crippen LogP contribution in [0.5, 0.6) is 34.5 Å². The molecule has 13 heteroatoms. The standard InChI is InChI=1S/C30H30O13/c1-12-23(35)22-19(34)10-20(17-9-16(32)7-8-18(17)33)41-28(22)13(2)27(12)43-30-26(38)25(37)24(36)21(42-30)11-40-29(39)14-3-5-15(31)6-4-14/h3-9,20-21,24-26,30-33,35-38H,10-11H2,1-2H3/t20-,21+,24+,25-,26+,30-/m0/s1. The Morgan fingerprint density at radius 1 is 0.907 bits per heavy atom. The third-order valence-corrected chi connectivity index (χ3v) is 7.49. The normalized spacial score (nSPS) is 25.0. The molecule has 3 aromatic rings. The van der Waals surface area contributed by atoms with Crippen LogP contribution in [0.15, 0.2) is 42.5 Å². The van der Waals surface area contributed by atoms with Crippen LogP contribution in [0.1, 0.15) is 49.9 Å². The minimum absolute atomic E-state index is 0.0544. The Morgan fingerprint density at radius 2 is 1.58 bits per heavy atom. The number of Topliss-reactive ketones (excluding diaryl/α,β-unsaturated/α-hetero) is 1. The first-order chi connectivity index (χ1) is 20.4. The van der Waals surface area contributed by atoms with Gasteiger partial charge in [-0.3, -0.25) is 4.79 Å². The van der Waals surface area contributed by atoms with Crippen molar-refractivity contribution in [3.63, 3.8) is 0 Å². The van der Waals surface area contributed by atoms with E-state index in [2.05, 4.69) is 0 Å². The maximum Gasteiger partial charge on any atom is 0.338 e. The largest absolute Gasteiger partial charge is 0.508 e. The van der Waals surface area contributed by atoms with Crippen LogP contribution in [0.4, 0.5) is 0 Å². The molecule has 3 aromatic carbocycles. The van der Waals surface area contributed by atoms with Gasteiger partial charge in [-0.05, 0) is 56.3 Å². The molecule has 7 N–H and O–H groups in total. The molecule has 2 heterocycles. The molecule has 0 aliphatic carbocycles. The molecule has 0 spiro atoms. The molecule has 43 heavy (non-hydrogen) atoms. The van der Waals surface area contributed by atoms with E-state index >= 15 is 0 Å². The Balaban J connectivity index is 1.40. The monoisotopic (exact) mass is 598 g/mol. The number of ether oxygens (including phenoxy) is 4. The quantitative estimate of drug-likeness (QED) is 0.160. The molecular weight excluding hydrogens is 568 g/mol. The number of aliphatic hydroxyl groups excluding tert-OH is 3. The van der Waals surface area contributed by atoms with Crippen LogP contribution in [0, 0.1) is 13.8 Å². The zero-order chi connectivity index (χ0) is 31.2. The molecule has 2 aliphatic heterocycles. The van der Waals surface area contributed by atoms with Crippen LogP contribution >= 0.6 is 0 Å². The summed E-state index contributed by atoms with van der Waals surface area (Å²) in [4.78, 5) is 25.5. The van der Waals surface area contributed by atoms with E-state index in [9.17, 15) is 45.3 Å². The van der Waals surface area contributed by atoms with E-state index in [0.717, 1.165) is 0 Å². The lowest BCUT2D eigenvalue weighted by molar-refractivity contribution is -0.277. The molecule has 2 aliphatic rings. The molecule has 1 saturated heterocycles.